The zero-order valence-electron chi connectivity index (χ0n) is 18.3. The van der Waals surface area contributed by atoms with Gasteiger partial charge in [0.1, 0.15) is 6.61 Å². The number of para-hydroxylation sites is 2. The molecular formula is C24H22N2O7S. The van der Waals surface area contributed by atoms with Crippen LogP contribution in [0.3, 0.4) is 0 Å². The Morgan fingerprint density at radius 1 is 0.941 bits per heavy atom. The molecule has 5 rings (SSSR count). The van der Waals surface area contributed by atoms with E-state index in [9.17, 15) is 13.2 Å². The van der Waals surface area contributed by atoms with E-state index in [0.29, 0.717) is 35.3 Å². The van der Waals surface area contributed by atoms with Gasteiger partial charge in [-0.05, 0) is 42.5 Å². The number of anilines is 1. The summed E-state index contributed by atoms with van der Waals surface area (Å²) in [4.78, 5) is 14.5. The van der Waals surface area contributed by atoms with Gasteiger partial charge in [0, 0.05) is 18.7 Å². The molecule has 176 valence electrons. The fourth-order valence-electron chi connectivity index (χ4n) is 3.73. The molecule has 0 saturated heterocycles. The third-order valence-corrected chi connectivity index (χ3v) is 6.79. The zero-order valence-corrected chi connectivity index (χ0v) is 19.1. The third-order valence-electron chi connectivity index (χ3n) is 5.41. The van der Waals surface area contributed by atoms with E-state index in [4.69, 9.17) is 18.9 Å². The lowest BCUT2D eigenvalue weighted by atomic mass is 10.2. The number of benzene rings is 3. The maximum absolute atomic E-state index is 13.0. The van der Waals surface area contributed by atoms with Crippen LogP contribution < -0.4 is 23.7 Å². The van der Waals surface area contributed by atoms with Crippen LogP contribution >= 0.6 is 0 Å². The number of ether oxygens (including phenoxy) is 4. The summed E-state index contributed by atoms with van der Waals surface area (Å²) in [6.07, 6.45) is -0.344. The maximum atomic E-state index is 13.0. The Hall–Kier alpha value is -3.92. The predicted molar refractivity (Wildman–Crippen MR) is 123 cm³/mol. The van der Waals surface area contributed by atoms with Crippen molar-refractivity contribution in [3.8, 4) is 23.0 Å². The molecule has 0 spiro atoms. The number of likely N-dealkylation sites (N-methyl/N-ethyl adjacent to an activating group) is 1. The first-order valence-corrected chi connectivity index (χ1v) is 12.0. The summed E-state index contributed by atoms with van der Waals surface area (Å²) in [7, 11) is -2.30. The molecule has 1 atom stereocenters. The molecular weight excluding hydrogens is 460 g/mol. The second-order valence-electron chi connectivity index (χ2n) is 7.88. The van der Waals surface area contributed by atoms with Gasteiger partial charge >= 0.3 is 0 Å². The van der Waals surface area contributed by atoms with E-state index in [1.54, 1.807) is 31.3 Å². The van der Waals surface area contributed by atoms with Crippen LogP contribution in [0.1, 0.15) is 10.4 Å². The molecule has 2 aliphatic rings. The Bertz CT molecular complexity index is 1340. The Morgan fingerprint density at radius 3 is 2.56 bits per heavy atom. The minimum absolute atomic E-state index is 0.0319. The normalized spacial score (nSPS) is 16.1. The minimum Gasteiger partial charge on any atom is -0.486 e. The smallest absolute Gasteiger partial charge is 0.261 e. The molecule has 0 saturated carbocycles. The highest BCUT2D eigenvalue weighted by Crippen LogP contribution is 2.35. The van der Waals surface area contributed by atoms with Gasteiger partial charge in [-0.15, -0.1) is 0 Å². The highest BCUT2D eigenvalue weighted by atomic mass is 32.2. The molecule has 3 aromatic rings. The van der Waals surface area contributed by atoms with Crippen molar-refractivity contribution in [2.45, 2.75) is 11.0 Å². The average molecular weight is 483 g/mol. The van der Waals surface area contributed by atoms with E-state index < -0.39 is 10.0 Å². The number of amides is 1. The van der Waals surface area contributed by atoms with Gasteiger partial charge in [0.05, 0.1) is 17.1 Å². The SMILES string of the molecule is CN(C[C@@H]1COc2ccccc2O1)C(=O)c1cccc(S(=O)(=O)Nc2ccc3c(c2)OCO3)c1. The topological polar surface area (TPSA) is 103 Å². The Balaban J connectivity index is 1.28. The fraction of sp³-hybridized carbons (Fsp3) is 0.208. The highest BCUT2D eigenvalue weighted by molar-refractivity contribution is 7.92. The van der Waals surface area contributed by atoms with E-state index in [1.165, 1.54) is 23.1 Å². The van der Waals surface area contributed by atoms with Crippen molar-refractivity contribution in [3.05, 3.63) is 72.3 Å². The molecule has 1 N–H and O–H groups in total. The lowest BCUT2D eigenvalue weighted by molar-refractivity contribution is 0.0521. The molecule has 3 aromatic carbocycles. The molecule has 1 amide bonds. The standard InChI is InChI=1S/C24H22N2O7S/c1-26(13-18-14-30-20-7-2-3-8-22(20)33-18)24(27)16-5-4-6-19(11-16)34(28,29)25-17-9-10-21-23(12-17)32-15-31-21/h2-12,18,25H,13-15H2,1H3/t18-/m1/s1. The summed E-state index contributed by atoms with van der Waals surface area (Å²) < 4.78 is 50.5. The van der Waals surface area contributed by atoms with Crippen LogP contribution in [0.2, 0.25) is 0 Å². The van der Waals surface area contributed by atoms with E-state index in [2.05, 4.69) is 4.72 Å². The molecule has 10 heteroatoms. The second kappa shape index (κ2) is 8.79. The number of carbonyl (C=O) groups excluding carboxylic acids is 1. The number of rotatable bonds is 6. The fourth-order valence-corrected chi connectivity index (χ4v) is 4.83. The van der Waals surface area contributed by atoms with Crippen LogP contribution in [-0.4, -0.2) is 52.3 Å². The van der Waals surface area contributed by atoms with Crippen molar-refractivity contribution < 1.29 is 32.2 Å². The van der Waals surface area contributed by atoms with Gasteiger partial charge in [-0.2, -0.15) is 0 Å². The van der Waals surface area contributed by atoms with Gasteiger partial charge in [-0.3, -0.25) is 9.52 Å². The van der Waals surface area contributed by atoms with Crippen molar-refractivity contribution in [3.63, 3.8) is 0 Å². The highest BCUT2D eigenvalue weighted by Gasteiger charge is 2.25. The number of sulfonamides is 1. The molecule has 2 heterocycles. The number of hydrogen-bond acceptors (Lipinski definition) is 7. The van der Waals surface area contributed by atoms with E-state index in [1.807, 2.05) is 24.3 Å². The van der Waals surface area contributed by atoms with Gasteiger partial charge in [-0.1, -0.05) is 18.2 Å². The second-order valence-corrected chi connectivity index (χ2v) is 9.57. The maximum Gasteiger partial charge on any atom is 0.261 e. The first kappa shape index (κ1) is 21.9. The Labute approximate surface area is 196 Å². The van der Waals surface area contributed by atoms with Crippen molar-refractivity contribution in [2.75, 3.05) is 31.7 Å². The number of nitrogens with zero attached hydrogens (tertiary/aromatic N) is 1. The lowest BCUT2D eigenvalue weighted by Crippen LogP contribution is -2.41. The van der Waals surface area contributed by atoms with E-state index in [0.717, 1.165) is 0 Å². The summed E-state index contributed by atoms with van der Waals surface area (Å²) in [5, 5.41) is 0. The zero-order chi connectivity index (χ0) is 23.7. The monoisotopic (exact) mass is 482 g/mol. The van der Waals surface area contributed by atoms with Crippen molar-refractivity contribution in [1.29, 1.82) is 0 Å². The molecule has 0 unspecified atom stereocenters. The van der Waals surface area contributed by atoms with Gasteiger partial charge in [0.2, 0.25) is 6.79 Å². The van der Waals surface area contributed by atoms with Crippen LogP contribution in [0.4, 0.5) is 5.69 Å². The first-order chi connectivity index (χ1) is 16.4. The molecule has 0 aromatic heterocycles. The number of hydrogen-bond donors (Lipinski definition) is 1. The minimum atomic E-state index is -3.93. The van der Waals surface area contributed by atoms with Gasteiger partial charge in [0.15, 0.2) is 29.1 Å². The average Bonchev–Trinajstić information content (AvgIpc) is 3.31. The first-order valence-electron chi connectivity index (χ1n) is 10.6. The van der Waals surface area contributed by atoms with Gasteiger partial charge in [0.25, 0.3) is 15.9 Å². The summed E-state index contributed by atoms with van der Waals surface area (Å²) >= 11 is 0. The summed E-state index contributed by atoms with van der Waals surface area (Å²) in [6, 6.07) is 18.0. The quantitative estimate of drug-likeness (QED) is 0.576. The molecule has 9 nitrogen and oxygen atoms in total. The molecule has 0 bridgehead atoms. The lowest BCUT2D eigenvalue weighted by Gasteiger charge is -2.29. The largest absolute Gasteiger partial charge is 0.486 e. The third kappa shape index (κ3) is 4.44. The van der Waals surface area contributed by atoms with Crippen LogP contribution in [0.25, 0.3) is 0 Å². The van der Waals surface area contributed by atoms with Gasteiger partial charge < -0.3 is 23.8 Å². The van der Waals surface area contributed by atoms with Crippen LogP contribution in [-0.2, 0) is 10.0 Å². The van der Waals surface area contributed by atoms with Gasteiger partial charge in [-0.25, -0.2) is 8.42 Å². The molecule has 2 aliphatic heterocycles. The van der Waals surface area contributed by atoms with Crippen molar-refractivity contribution >= 4 is 21.6 Å². The van der Waals surface area contributed by atoms with Crippen LogP contribution in [0.15, 0.2) is 71.6 Å². The van der Waals surface area contributed by atoms with E-state index >= 15 is 0 Å². The summed E-state index contributed by atoms with van der Waals surface area (Å²) in [5.74, 6) is 1.97. The summed E-state index contributed by atoms with van der Waals surface area (Å²) in [5.41, 5.74) is 0.570. The molecule has 34 heavy (non-hydrogen) atoms. The predicted octanol–water partition coefficient (Wildman–Crippen LogP) is 3.13. The molecule has 0 radical (unpaired) electrons. The number of fused-ring (bicyclic) bond motifs is 2. The van der Waals surface area contributed by atoms with Crippen LogP contribution in [0.5, 0.6) is 23.0 Å². The van der Waals surface area contributed by atoms with E-state index in [-0.39, 0.29) is 35.8 Å². The number of nitrogens with one attached hydrogen (secondary N) is 1. The van der Waals surface area contributed by atoms with Crippen molar-refractivity contribution in [2.24, 2.45) is 0 Å². The van der Waals surface area contributed by atoms with Crippen LogP contribution in [0, 0.1) is 0 Å². The Kier molecular flexibility index (Phi) is 5.66. The van der Waals surface area contributed by atoms with Crippen molar-refractivity contribution in [1.82, 2.24) is 4.90 Å². The number of carbonyl (C=O) groups is 1. The molecule has 0 aliphatic carbocycles. The summed E-state index contributed by atoms with van der Waals surface area (Å²) in [6.45, 7) is 0.676. The Morgan fingerprint density at radius 2 is 1.71 bits per heavy atom. The molecule has 0 fully saturated rings.